The van der Waals surface area contributed by atoms with Crippen LogP contribution in [0.25, 0.3) is 0 Å². The zero-order valence-corrected chi connectivity index (χ0v) is 13.6. The lowest BCUT2D eigenvalue weighted by atomic mass is 10.0. The van der Waals surface area contributed by atoms with Gasteiger partial charge in [0, 0.05) is 0 Å². The van der Waals surface area contributed by atoms with Crippen molar-refractivity contribution >= 4 is 23.9 Å². The molecule has 0 saturated carbocycles. The van der Waals surface area contributed by atoms with Crippen LogP contribution < -0.4 is 4.50 Å². The molecule has 0 radical (unpaired) electrons. The maximum absolute atomic E-state index is 10.3. The second-order valence-electron chi connectivity index (χ2n) is 5.23. The summed E-state index contributed by atoms with van der Waals surface area (Å²) in [4.78, 5) is 0. The van der Waals surface area contributed by atoms with Gasteiger partial charge in [-0.25, -0.2) is 0 Å². The Morgan fingerprint density at radius 2 is 1.71 bits per heavy atom. The standard InChI is InChI=1S/C14H26OSSi/c1-6-17(7-2,8-3)14-12(9-10-16-14)13(15)11(4)5/h9-11,13,15H,6-8H2,1-5H3. The van der Waals surface area contributed by atoms with Gasteiger partial charge in [-0.05, 0) is 27.4 Å². The number of rotatable bonds is 6. The average Bonchev–Trinajstić information content (AvgIpc) is 2.81. The first-order chi connectivity index (χ1) is 8.02. The van der Waals surface area contributed by atoms with Crippen LogP contribution in [0.1, 0.15) is 46.3 Å². The number of aliphatic hydroxyl groups is 1. The van der Waals surface area contributed by atoms with Gasteiger partial charge in [0.25, 0.3) is 0 Å². The Kier molecular flexibility index (Phi) is 5.42. The molecule has 1 nitrogen and oxygen atoms in total. The summed E-state index contributed by atoms with van der Waals surface area (Å²) < 4.78 is 1.55. The molecule has 1 N–H and O–H groups in total. The smallest absolute Gasteiger partial charge is 0.0992 e. The molecule has 0 bridgehead atoms. The predicted molar refractivity (Wildman–Crippen MR) is 80.9 cm³/mol. The monoisotopic (exact) mass is 270 g/mol. The highest BCUT2D eigenvalue weighted by Gasteiger charge is 2.34. The van der Waals surface area contributed by atoms with E-state index in [9.17, 15) is 5.11 Å². The highest BCUT2D eigenvalue weighted by Crippen LogP contribution is 2.29. The SMILES string of the molecule is CC[Si](CC)(CC)c1sccc1C(O)C(C)C. The molecule has 98 valence electrons. The Morgan fingerprint density at radius 3 is 2.12 bits per heavy atom. The maximum atomic E-state index is 10.3. The number of hydrogen-bond acceptors (Lipinski definition) is 2. The molecule has 0 fully saturated rings. The molecule has 0 saturated heterocycles. The minimum atomic E-state index is -1.34. The van der Waals surface area contributed by atoms with E-state index in [2.05, 4.69) is 46.1 Å². The van der Waals surface area contributed by atoms with Gasteiger partial charge >= 0.3 is 0 Å². The van der Waals surface area contributed by atoms with Gasteiger partial charge in [0.2, 0.25) is 0 Å². The summed E-state index contributed by atoms with van der Waals surface area (Å²) in [5, 5.41) is 12.5. The summed E-state index contributed by atoms with van der Waals surface area (Å²) in [6.07, 6.45) is -0.284. The van der Waals surface area contributed by atoms with Crippen molar-refractivity contribution in [1.29, 1.82) is 0 Å². The first-order valence-electron chi connectivity index (χ1n) is 6.78. The van der Waals surface area contributed by atoms with E-state index in [4.69, 9.17) is 0 Å². The van der Waals surface area contributed by atoms with Crippen molar-refractivity contribution in [3.8, 4) is 0 Å². The average molecular weight is 271 g/mol. The van der Waals surface area contributed by atoms with Crippen LogP contribution in [0.4, 0.5) is 0 Å². The molecule has 1 aromatic rings. The van der Waals surface area contributed by atoms with Crippen LogP contribution in [0.15, 0.2) is 11.4 Å². The van der Waals surface area contributed by atoms with Crippen LogP contribution in [-0.2, 0) is 0 Å². The first-order valence-corrected chi connectivity index (χ1v) is 10.3. The number of thiophene rings is 1. The van der Waals surface area contributed by atoms with Crippen molar-refractivity contribution in [3.63, 3.8) is 0 Å². The van der Waals surface area contributed by atoms with Gasteiger partial charge in [-0.3, -0.25) is 0 Å². The Labute approximate surface area is 111 Å². The Hall–Kier alpha value is -0.123. The molecule has 0 aromatic carbocycles. The van der Waals surface area contributed by atoms with Crippen LogP contribution in [0.2, 0.25) is 18.1 Å². The van der Waals surface area contributed by atoms with Crippen molar-refractivity contribution in [2.45, 2.75) is 58.9 Å². The summed E-state index contributed by atoms with van der Waals surface area (Å²) in [7, 11) is -1.34. The number of hydrogen-bond donors (Lipinski definition) is 1. The fourth-order valence-corrected chi connectivity index (χ4v) is 9.06. The van der Waals surface area contributed by atoms with Crippen molar-refractivity contribution in [3.05, 3.63) is 17.0 Å². The molecule has 1 atom stereocenters. The predicted octanol–water partition coefficient (Wildman–Crippen LogP) is 4.15. The molecule has 1 aromatic heterocycles. The molecule has 17 heavy (non-hydrogen) atoms. The lowest BCUT2D eigenvalue weighted by Gasteiger charge is -2.30. The Balaban J connectivity index is 3.18. The first kappa shape index (κ1) is 14.9. The molecule has 0 aliphatic rings. The fourth-order valence-electron chi connectivity index (χ4n) is 2.57. The van der Waals surface area contributed by atoms with E-state index in [-0.39, 0.29) is 6.10 Å². The molecular formula is C14H26OSSi. The summed E-state index contributed by atoms with van der Waals surface area (Å²) in [5.41, 5.74) is 1.22. The summed E-state index contributed by atoms with van der Waals surface area (Å²) in [6, 6.07) is 6.02. The molecule has 3 heteroatoms. The molecule has 0 amide bonds. The van der Waals surface area contributed by atoms with Crippen molar-refractivity contribution in [1.82, 2.24) is 0 Å². The third-order valence-electron chi connectivity index (χ3n) is 4.16. The summed E-state index contributed by atoms with van der Waals surface area (Å²) in [5.74, 6) is 0.306. The van der Waals surface area contributed by atoms with Crippen LogP contribution in [0.5, 0.6) is 0 Å². The van der Waals surface area contributed by atoms with E-state index in [1.54, 1.807) is 4.50 Å². The van der Waals surface area contributed by atoms with Gasteiger partial charge in [0.05, 0.1) is 14.2 Å². The number of aliphatic hydroxyl groups excluding tert-OH is 1. The lowest BCUT2D eigenvalue weighted by molar-refractivity contribution is 0.128. The van der Waals surface area contributed by atoms with Crippen LogP contribution in [0, 0.1) is 5.92 Å². The van der Waals surface area contributed by atoms with E-state index >= 15 is 0 Å². The minimum Gasteiger partial charge on any atom is -0.388 e. The highest BCUT2D eigenvalue weighted by atomic mass is 32.1. The Morgan fingerprint density at radius 1 is 1.18 bits per heavy atom. The quantitative estimate of drug-likeness (QED) is 0.770. The third kappa shape index (κ3) is 2.83. The van der Waals surface area contributed by atoms with Gasteiger partial charge in [-0.15, -0.1) is 0 Å². The Bertz CT molecular complexity index is 333. The topological polar surface area (TPSA) is 20.2 Å². The van der Waals surface area contributed by atoms with Crippen LogP contribution in [0.3, 0.4) is 0 Å². The van der Waals surface area contributed by atoms with E-state index in [1.807, 2.05) is 11.3 Å². The zero-order chi connectivity index (χ0) is 13.1. The van der Waals surface area contributed by atoms with Gasteiger partial charge in [0.15, 0.2) is 0 Å². The van der Waals surface area contributed by atoms with Crippen molar-refractivity contribution in [2.24, 2.45) is 5.92 Å². The maximum Gasteiger partial charge on any atom is 0.0992 e. The van der Waals surface area contributed by atoms with E-state index < -0.39 is 8.07 Å². The third-order valence-corrected chi connectivity index (χ3v) is 11.9. The molecular weight excluding hydrogens is 244 g/mol. The molecule has 0 aliphatic heterocycles. The fraction of sp³-hybridized carbons (Fsp3) is 0.714. The molecule has 1 unspecified atom stereocenters. The van der Waals surface area contributed by atoms with Crippen molar-refractivity contribution in [2.75, 3.05) is 0 Å². The molecule has 0 spiro atoms. The van der Waals surface area contributed by atoms with E-state index in [1.165, 1.54) is 23.7 Å². The van der Waals surface area contributed by atoms with Gasteiger partial charge in [-0.2, -0.15) is 11.3 Å². The largest absolute Gasteiger partial charge is 0.388 e. The minimum absolute atomic E-state index is 0.284. The molecule has 1 rings (SSSR count). The second kappa shape index (κ2) is 6.16. The highest BCUT2D eigenvalue weighted by molar-refractivity contribution is 7.26. The summed E-state index contributed by atoms with van der Waals surface area (Å²) >= 11 is 1.88. The van der Waals surface area contributed by atoms with Crippen LogP contribution >= 0.6 is 11.3 Å². The van der Waals surface area contributed by atoms with Crippen LogP contribution in [-0.4, -0.2) is 13.2 Å². The normalized spacial score (nSPS) is 14.3. The van der Waals surface area contributed by atoms with E-state index in [0.717, 1.165) is 0 Å². The van der Waals surface area contributed by atoms with E-state index in [0.29, 0.717) is 5.92 Å². The van der Waals surface area contributed by atoms with Gasteiger partial charge in [0.1, 0.15) is 0 Å². The van der Waals surface area contributed by atoms with Crippen molar-refractivity contribution < 1.29 is 5.11 Å². The second-order valence-corrected chi connectivity index (χ2v) is 11.7. The lowest BCUT2D eigenvalue weighted by Crippen LogP contribution is -2.46. The zero-order valence-electron chi connectivity index (χ0n) is 11.8. The van der Waals surface area contributed by atoms with Gasteiger partial charge in [-0.1, -0.05) is 52.8 Å². The molecule has 0 aliphatic carbocycles. The van der Waals surface area contributed by atoms with Gasteiger partial charge < -0.3 is 5.11 Å². The molecule has 1 heterocycles. The summed E-state index contributed by atoms with van der Waals surface area (Å²) in [6.45, 7) is 11.2.